The summed E-state index contributed by atoms with van der Waals surface area (Å²) < 4.78 is 7.76. The van der Waals surface area contributed by atoms with Crippen LogP contribution in [0.1, 0.15) is 5.69 Å². The first-order chi connectivity index (χ1) is 11.3. The summed E-state index contributed by atoms with van der Waals surface area (Å²) in [7, 11) is -1.07. The third-order valence-electron chi connectivity index (χ3n) is 3.74. The number of nitrogens with zero attached hydrogens (tertiary/aromatic N) is 2. The van der Waals surface area contributed by atoms with E-state index < -0.39 is 14.2 Å². The second-order valence-electron chi connectivity index (χ2n) is 7.00. The van der Waals surface area contributed by atoms with Crippen LogP contribution in [0.25, 0.3) is 11.3 Å². The third kappa shape index (κ3) is 5.21. The minimum Gasteiger partial charge on any atom is -0.465 e. The molecule has 2 N–H and O–H groups in total. The number of hydrogen-bond acceptors (Lipinski definition) is 3. The van der Waals surface area contributed by atoms with Gasteiger partial charge in [0.25, 0.3) is 0 Å². The zero-order chi connectivity index (χ0) is 17.7. The molecular formula is C17H25N3O3Si. The second kappa shape index (κ2) is 7.63. The van der Waals surface area contributed by atoms with E-state index in [4.69, 9.17) is 9.84 Å². The fraction of sp³-hybridized carbons (Fsp3) is 0.412. The molecule has 0 aliphatic rings. The summed E-state index contributed by atoms with van der Waals surface area (Å²) in [4.78, 5) is 15.1. The summed E-state index contributed by atoms with van der Waals surface area (Å²) in [5.41, 5.74) is 3.40. The molecule has 24 heavy (non-hydrogen) atoms. The van der Waals surface area contributed by atoms with Crippen LogP contribution in [0.5, 0.6) is 0 Å². The van der Waals surface area contributed by atoms with Crippen LogP contribution in [0.4, 0.5) is 10.5 Å². The average molecular weight is 347 g/mol. The van der Waals surface area contributed by atoms with E-state index in [0.717, 1.165) is 29.6 Å². The molecule has 0 aliphatic heterocycles. The van der Waals surface area contributed by atoms with Crippen LogP contribution in [0.3, 0.4) is 0 Å². The van der Waals surface area contributed by atoms with Crippen molar-refractivity contribution in [1.82, 2.24) is 9.55 Å². The second-order valence-corrected chi connectivity index (χ2v) is 12.6. The van der Waals surface area contributed by atoms with Crippen molar-refractivity contribution < 1.29 is 14.6 Å². The molecule has 0 bridgehead atoms. The number of anilines is 1. The Hall–Kier alpha value is -2.12. The first kappa shape index (κ1) is 18.2. The Bertz CT molecular complexity index is 690. The Morgan fingerprint density at radius 3 is 2.54 bits per heavy atom. The highest BCUT2D eigenvalue weighted by Gasteiger charge is 2.13. The summed E-state index contributed by atoms with van der Waals surface area (Å²) >= 11 is 0. The van der Waals surface area contributed by atoms with E-state index in [0.29, 0.717) is 12.4 Å². The van der Waals surface area contributed by atoms with E-state index in [1.807, 2.05) is 23.6 Å². The van der Waals surface area contributed by atoms with Crippen LogP contribution >= 0.6 is 0 Å². The quantitative estimate of drug-likeness (QED) is 0.579. The van der Waals surface area contributed by atoms with Crippen molar-refractivity contribution in [3.8, 4) is 11.3 Å². The summed E-state index contributed by atoms with van der Waals surface area (Å²) in [6.45, 7) is 10.3. The third-order valence-corrected chi connectivity index (χ3v) is 5.44. The van der Waals surface area contributed by atoms with Crippen molar-refractivity contribution in [3.63, 3.8) is 0 Å². The van der Waals surface area contributed by atoms with Gasteiger partial charge >= 0.3 is 6.09 Å². The molecule has 0 aliphatic carbocycles. The number of imidazole rings is 1. The van der Waals surface area contributed by atoms with Crippen molar-refractivity contribution in [2.45, 2.75) is 39.3 Å². The molecule has 0 saturated carbocycles. The Morgan fingerprint density at radius 2 is 1.96 bits per heavy atom. The normalized spacial score (nSPS) is 11.5. The molecule has 2 rings (SSSR count). The molecule has 1 amide bonds. The van der Waals surface area contributed by atoms with Gasteiger partial charge in [-0.25, -0.2) is 9.78 Å². The van der Waals surface area contributed by atoms with E-state index in [9.17, 15) is 4.79 Å². The minimum atomic E-state index is -1.07. The molecule has 0 spiro atoms. The first-order valence-electron chi connectivity index (χ1n) is 7.96. The Labute approximate surface area is 143 Å². The Balaban J connectivity index is 2.00. The van der Waals surface area contributed by atoms with Crippen LogP contribution < -0.4 is 5.32 Å². The number of carboxylic acid groups (broad SMARTS) is 1. The van der Waals surface area contributed by atoms with Crippen LogP contribution in [0.2, 0.25) is 25.7 Å². The number of amides is 1. The first-order valence-corrected chi connectivity index (χ1v) is 11.7. The van der Waals surface area contributed by atoms with Crippen LogP contribution in [0.15, 0.2) is 30.6 Å². The summed E-state index contributed by atoms with van der Waals surface area (Å²) in [6.07, 6.45) is 0.710. The van der Waals surface area contributed by atoms with E-state index in [-0.39, 0.29) is 0 Å². The zero-order valence-corrected chi connectivity index (χ0v) is 15.7. The lowest BCUT2D eigenvalue weighted by atomic mass is 10.1. The van der Waals surface area contributed by atoms with Crippen molar-refractivity contribution >= 4 is 19.9 Å². The topological polar surface area (TPSA) is 76.4 Å². The van der Waals surface area contributed by atoms with Gasteiger partial charge in [-0.15, -0.1) is 0 Å². The highest BCUT2D eigenvalue weighted by Crippen LogP contribution is 2.23. The molecule has 1 heterocycles. The van der Waals surface area contributed by atoms with E-state index >= 15 is 0 Å². The average Bonchev–Trinajstić information content (AvgIpc) is 2.84. The van der Waals surface area contributed by atoms with Gasteiger partial charge in [0, 0.05) is 31.6 Å². The molecule has 2 aromatic rings. The predicted molar refractivity (Wildman–Crippen MR) is 98.2 cm³/mol. The number of nitrogens with one attached hydrogen (secondary N) is 1. The maximum absolute atomic E-state index is 10.6. The summed E-state index contributed by atoms with van der Waals surface area (Å²) in [5, 5.41) is 11.0. The standard InChI is InChI=1S/C17H25N3O3Si/c1-13-16(14-5-7-15(8-6-14)19-17(21)22)18-11-20(13)12-23-9-10-24(2,3)4/h5-8,11,19H,9-10,12H2,1-4H3,(H,21,22). The maximum Gasteiger partial charge on any atom is 0.409 e. The molecule has 1 aromatic carbocycles. The molecule has 0 unspecified atom stereocenters. The fourth-order valence-corrected chi connectivity index (χ4v) is 2.99. The van der Waals surface area contributed by atoms with E-state index in [1.165, 1.54) is 0 Å². The van der Waals surface area contributed by atoms with E-state index in [2.05, 4.69) is 29.9 Å². The highest BCUT2D eigenvalue weighted by atomic mass is 28.3. The van der Waals surface area contributed by atoms with Gasteiger partial charge < -0.3 is 14.4 Å². The number of carbonyl (C=O) groups is 1. The largest absolute Gasteiger partial charge is 0.465 e. The van der Waals surface area contributed by atoms with Crippen LogP contribution in [-0.2, 0) is 11.5 Å². The number of rotatable bonds is 7. The lowest BCUT2D eigenvalue weighted by Gasteiger charge is -2.15. The molecule has 0 atom stereocenters. The van der Waals surface area contributed by atoms with Gasteiger partial charge in [-0.05, 0) is 25.1 Å². The molecule has 130 valence electrons. The van der Waals surface area contributed by atoms with Crippen LogP contribution in [-0.4, -0.2) is 35.4 Å². The van der Waals surface area contributed by atoms with Gasteiger partial charge in [0.15, 0.2) is 0 Å². The number of aromatic nitrogens is 2. The zero-order valence-electron chi connectivity index (χ0n) is 14.7. The minimum absolute atomic E-state index is 0.502. The van der Waals surface area contributed by atoms with Gasteiger partial charge in [-0.3, -0.25) is 5.32 Å². The van der Waals surface area contributed by atoms with Gasteiger partial charge in [0.2, 0.25) is 0 Å². The van der Waals surface area contributed by atoms with Gasteiger partial charge in [-0.1, -0.05) is 31.8 Å². The molecule has 1 aromatic heterocycles. The van der Waals surface area contributed by atoms with Crippen LogP contribution in [0, 0.1) is 6.92 Å². The number of ether oxygens (including phenoxy) is 1. The molecule has 0 fully saturated rings. The Kier molecular flexibility index (Phi) is 5.79. The lowest BCUT2D eigenvalue weighted by Crippen LogP contribution is -2.22. The van der Waals surface area contributed by atoms with Gasteiger partial charge in [-0.2, -0.15) is 0 Å². The van der Waals surface area contributed by atoms with Crippen molar-refractivity contribution in [3.05, 3.63) is 36.3 Å². The summed E-state index contributed by atoms with van der Waals surface area (Å²) in [6, 6.07) is 8.32. The highest BCUT2D eigenvalue weighted by molar-refractivity contribution is 6.76. The van der Waals surface area contributed by atoms with Gasteiger partial charge in [0.1, 0.15) is 6.73 Å². The van der Waals surface area contributed by atoms with E-state index in [1.54, 1.807) is 18.5 Å². The molecule has 6 nitrogen and oxygen atoms in total. The van der Waals surface area contributed by atoms with Gasteiger partial charge in [0.05, 0.1) is 12.0 Å². The Morgan fingerprint density at radius 1 is 1.29 bits per heavy atom. The molecular weight excluding hydrogens is 322 g/mol. The molecule has 7 heteroatoms. The maximum atomic E-state index is 10.6. The van der Waals surface area contributed by atoms with Crippen molar-refractivity contribution in [1.29, 1.82) is 0 Å². The lowest BCUT2D eigenvalue weighted by molar-refractivity contribution is 0.0859. The predicted octanol–water partition coefficient (Wildman–Crippen LogP) is 4.26. The van der Waals surface area contributed by atoms with Crippen molar-refractivity contribution in [2.24, 2.45) is 0 Å². The number of hydrogen-bond donors (Lipinski definition) is 2. The SMILES string of the molecule is Cc1c(-c2ccc(NC(=O)O)cc2)ncn1COCC[Si](C)(C)C. The smallest absolute Gasteiger partial charge is 0.409 e. The monoisotopic (exact) mass is 347 g/mol. The number of benzene rings is 1. The fourth-order valence-electron chi connectivity index (χ4n) is 2.23. The molecule has 0 radical (unpaired) electrons. The summed E-state index contributed by atoms with van der Waals surface area (Å²) in [5.74, 6) is 0. The van der Waals surface area contributed by atoms with Crippen molar-refractivity contribution in [2.75, 3.05) is 11.9 Å². The molecule has 0 saturated heterocycles.